The van der Waals surface area contributed by atoms with E-state index in [0.717, 1.165) is 74.1 Å². The van der Waals surface area contributed by atoms with Gasteiger partial charge < -0.3 is 10.0 Å². The minimum absolute atomic E-state index is 0.174. The Labute approximate surface area is 198 Å². The average molecular weight is 461 g/mol. The van der Waals surface area contributed by atoms with Crippen LogP contribution in [0.2, 0.25) is 0 Å². The largest absolute Gasteiger partial charge is 0.481 e. The lowest BCUT2D eigenvalue weighted by Crippen LogP contribution is -2.42. The number of likely N-dealkylation sites (N-methyl/N-ethyl adjacent to an activating group) is 1. The molecular formula is C27H29FN4O2. The molecule has 3 heterocycles. The second-order valence-electron chi connectivity index (χ2n) is 9.96. The molecule has 1 fully saturated rings. The predicted molar refractivity (Wildman–Crippen MR) is 130 cm³/mol. The van der Waals surface area contributed by atoms with Crippen LogP contribution < -0.4 is 5.43 Å². The molecule has 0 radical (unpaired) electrons. The number of nitrogens with zero attached hydrogens (tertiary/aromatic N) is 3. The molecule has 0 bridgehead atoms. The van der Waals surface area contributed by atoms with E-state index in [4.69, 9.17) is 0 Å². The summed E-state index contributed by atoms with van der Waals surface area (Å²) >= 11 is 0. The summed E-state index contributed by atoms with van der Waals surface area (Å²) in [5.74, 6) is -1.05. The third-order valence-electron chi connectivity index (χ3n) is 7.94. The summed E-state index contributed by atoms with van der Waals surface area (Å²) in [6.45, 7) is 2.67. The molecule has 176 valence electrons. The van der Waals surface area contributed by atoms with Crippen LogP contribution in [0.3, 0.4) is 0 Å². The van der Waals surface area contributed by atoms with Crippen LogP contribution in [0.25, 0.3) is 11.4 Å². The Morgan fingerprint density at radius 3 is 2.74 bits per heavy atom. The van der Waals surface area contributed by atoms with Crippen molar-refractivity contribution in [2.24, 2.45) is 11.0 Å². The molecule has 1 aromatic carbocycles. The van der Waals surface area contributed by atoms with Gasteiger partial charge in [0.1, 0.15) is 5.83 Å². The van der Waals surface area contributed by atoms with E-state index in [1.807, 2.05) is 12.1 Å². The number of halogens is 1. The first-order valence-corrected chi connectivity index (χ1v) is 12.2. The number of rotatable bonds is 3. The van der Waals surface area contributed by atoms with E-state index in [1.165, 1.54) is 17.2 Å². The van der Waals surface area contributed by atoms with Gasteiger partial charge in [-0.2, -0.15) is 5.10 Å². The van der Waals surface area contributed by atoms with Crippen molar-refractivity contribution in [3.05, 3.63) is 70.1 Å². The fraction of sp³-hybridized carbons (Fsp3) is 0.407. The lowest BCUT2D eigenvalue weighted by molar-refractivity contribution is -0.143. The number of aliphatic carboxylic acids is 1. The fourth-order valence-corrected chi connectivity index (χ4v) is 6.12. The van der Waals surface area contributed by atoms with Crippen molar-refractivity contribution >= 4 is 23.1 Å². The normalized spacial score (nSPS) is 26.5. The van der Waals surface area contributed by atoms with Gasteiger partial charge in [-0.3, -0.25) is 15.1 Å². The number of carbonyl (C=O) groups is 1. The SMILES string of the molecule is CN1C=C2C(=C(C3=CCN([C@H]4CC[C@H](C(=O)O)CC4)CC3)C1)NN=C1C=C(F)c3cccc2c31. The highest BCUT2D eigenvalue weighted by Crippen LogP contribution is 2.41. The van der Waals surface area contributed by atoms with Crippen molar-refractivity contribution in [3.8, 4) is 0 Å². The second-order valence-corrected chi connectivity index (χ2v) is 9.96. The minimum atomic E-state index is -0.647. The molecule has 6 nitrogen and oxygen atoms in total. The first-order chi connectivity index (χ1) is 16.5. The van der Waals surface area contributed by atoms with Gasteiger partial charge in [0.2, 0.25) is 0 Å². The molecule has 34 heavy (non-hydrogen) atoms. The Kier molecular flexibility index (Phi) is 5.17. The fourth-order valence-electron chi connectivity index (χ4n) is 6.12. The Balaban J connectivity index is 1.28. The van der Waals surface area contributed by atoms with E-state index < -0.39 is 5.97 Å². The molecule has 0 aromatic heterocycles. The molecule has 5 aliphatic rings. The smallest absolute Gasteiger partial charge is 0.306 e. The number of benzene rings is 1. The highest BCUT2D eigenvalue weighted by atomic mass is 19.1. The molecule has 3 aliphatic heterocycles. The number of nitrogens with one attached hydrogen (secondary N) is 1. The molecule has 0 amide bonds. The van der Waals surface area contributed by atoms with Crippen LogP contribution in [0.15, 0.2) is 58.5 Å². The average Bonchev–Trinajstić information content (AvgIpc) is 3.09. The van der Waals surface area contributed by atoms with Crippen LogP contribution in [-0.4, -0.2) is 59.3 Å². The van der Waals surface area contributed by atoms with E-state index in [-0.39, 0.29) is 11.7 Å². The molecule has 0 unspecified atom stereocenters. The van der Waals surface area contributed by atoms with Crippen LogP contribution in [0.4, 0.5) is 4.39 Å². The third-order valence-corrected chi connectivity index (χ3v) is 7.94. The van der Waals surface area contributed by atoms with Crippen LogP contribution >= 0.6 is 0 Å². The summed E-state index contributed by atoms with van der Waals surface area (Å²) in [6.07, 6.45) is 10.4. The summed E-state index contributed by atoms with van der Waals surface area (Å²) < 4.78 is 14.5. The maximum Gasteiger partial charge on any atom is 0.306 e. The third kappa shape index (κ3) is 3.50. The Bertz CT molecular complexity index is 1220. The van der Waals surface area contributed by atoms with Crippen molar-refractivity contribution in [2.75, 3.05) is 26.7 Å². The van der Waals surface area contributed by atoms with Crippen molar-refractivity contribution in [1.29, 1.82) is 0 Å². The second kappa shape index (κ2) is 8.24. The molecule has 7 heteroatoms. The number of fused-ring (bicyclic) bond motifs is 2. The molecule has 0 spiro atoms. The summed E-state index contributed by atoms with van der Waals surface area (Å²) in [5, 5.41) is 13.9. The molecule has 6 rings (SSSR count). The highest BCUT2D eigenvalue weighted by molar-refractivity contribution is 6.21. The van der Waals surface area contributed by atoms with Gasteiger partial charge in [0.05, 0.1) is 17.3 Å². The van der Waals surface area contributed by atoms with Gasteiger partial charge in [-0.25, -0.2) is 4.39 Å². The summed E-state index contributed by atoms with van der Waals surface area (Å²) in [6, 6.07) is 6.27. The van der Waals surface area contributed by atoms with E-state index in [2.05, 4.69) is 45.7 Å². The lowest BCUT2D eigenvalue weighted by Gasteiger charge is -2.38. The maximum atomic E-state index is 14.5. The van der Waals surface area contributed by atoms with Crippen molar-refractivity contribution < 1.29 is 14.3 Å². The van der Waals surface area contributed by atoms with Gasteiger partial charge in [-0.05, 0) is 43.2 Å². The number of carboxylic acids is 1. The monoisotopic (exact) mass is 460 g/mol. The molecule has 0 saturated heterocycles. The molecular weight excluding hydrogens is 431 g/mol. The van der Waals surface area contributed by atoms with Gasteiger partial charge in [-0.1, -0.05) is 24.3 Å². The minimum Gasteiger partial charge on any atom is -0.481 e. The van der Waals surface area contributed by atoms with E-state index in [9.17, 15) is 14.3 Å². The Morgan fingerprint density at radius 1 is 1.21 bits per heavy atom. The van der Waals surface area contributed by atoms with Gasteiger partial charge in [0.15, 0.2) is 0 Å². The first-order valence-electron chi connectivity index (χ1n) is 12.2. The number of carboxylic acid groups (broad SMARTS) is 1. The number of allylic oxidation sites excluding steroid dienone is 2. The predicted octanol–water partition coefficient (Wildman–Crippen LogP) is 4.13. The summed E-state index contributed by atoms with van der Waals surface area (Å²) in [4.78, 5) is 16.0. The lowest BCUT2D eigenvalue weighted by atomic mass is 9.84. The van der Waals surface area contributed by atoms with Crippen LogP contribution in [0, 0.1) is 5.92 Å². The van der Waals surface area contributed by atoms with Crippen molar-refractivity contribution in [2.45, 2.75) is 38.1 Å². The number of hydrogen-bond donors (Lipinski definition) is 2. The van der Waals surface area contributed by atoms with E-state index >= 15 is 0 Å². The van der Waals surface area contributed by atoms with E-state index in [0.29, 0.717) is 17.3 Å². The number of hydrogen-bond acceptors (Lipinski definition) is 5. The first kappa shape index (κ1) is 21.4. The summed E-state index contributed by atoms with van der Waals surface area (Å²) in [7, 11) is 2.08. The maximum absolute atomic E-state index is 14.5. The van der Waals surface area contributed by atoms with Crippen molar-refractivity contribution in [1.82, 2.24) is 15.2 Å². The van der Waals surface area contributed by atoms with Crippen LogP contribution in [0.5, 0.6) is 0 Å². The van der Waals surface area contributed by atoms with Gasteiger partial charge in [-0.15, -0.1) is 0 Å². The Hall–Kier alpha value is -3.19. The zero-order valence-electron chi connectivity index (χ0n) is 19.4. The van der Waals surface area contributed by atoms with Crippen molar-refractivity contribution in [3.63, 3.8) is 0 Å². The van der Waals surface area contributed by atoms with Gasteiger partial charge in [0.25, 0.3) is 0 Å². The van der Waals surface area contributed by atoms with Gasteiger partial charge in [0, 0.05) is 67.3 Å². The van der Waals surface area contributed by atoms with E-state index in [1.54, 1.807) is 0 Å². The molecule has 1 aromatic rings. The molecule has 2 N–H and O–H groups in total. The zero-order valence-corrected chi connectivity index (χ0v) is 19.4. The standard InChI is InChI=1S/C27H29FN4O2/c1-31-14-21(16-9-11-32(12-10-16)18-7-5-17(6-8-18)27(33)34)26-22(15-31)19-3-2-4-20-23(28)13-24(25(19)20)29-30-26/h2-4,9,13,15,17-18,30H,5-8,10-12,14H2,1H3,(H,33,34)/t17-,18-. The summed E-state index contributed by atoms with van der Waals surface area (Å²) in [5.41, 5.74) is 11.1. The zero-order chi connectivity index (χ0) is 23.4. The highest BCUT2D eigenvalue weighted by Gasteiger charge is 2.33. The molecule has 2 aliphatic carbocycles. The molecule has 0 atom stereocenters. The number of hydrazone groups is 1. The van der Waals surface area contributed by atoms with Crippen LogP contribution in [0.1, 0.15) is 48.8 Å². The van der Waals surface area contributed by atoms with Gasteiger partial charge >= 0.3 is 5.97 Å². The van der Waals surface area contributed by atoms with Crippen LogP contribution in [-0.2, 0) is 4.79 Å². The Morgan fingerprint density at radius 2 is 2.00 bits per heavy atom. The topological polar surface area (TPSA) is 68.2 Å². The quantitative estimate of drug-likeness (QED) is 0.710. The molecule has 1 saturated carbocycles.